The molecule has 0 bridgehead atoms. The molecule has 0 amide bonds. The van der Waals surface area contributed by atoms with Crippen LogP contribution in [0.1, 0.15) is 50.0 Å². The summed E-state index contributed by atoms with van der Waals surface area (Å²) in [5.41, 5.74) is 3.39. The van der Waals surface area contributed by atoms with E-state index < -0.39 is 0 Å². The summed E-state index contributed by atoms with van der Waals surface area (Å²) in [6.07, 6.45) is 3.92. The molecule has 0 aliphatic heterocycles. The molecule has 2 aromatic rings. The van der Waals surface area contributed by atoms with Gasteiger partial charge in [-0.25, -0.2) is 4.99 Å². The van der Waals surface area contributed by atoms with Crippen LogP contribution in [0.3, 0.4) is 0 Å². The second-order valence-corrected chi connectivity index (χ2v) is 8.38. The first-order chi connectivity index (χ1) is 13.9. The minimum absolute atomic E-state index is 0.570. The van der Waals surface area contributed by atoms with Crippen molar-refractivity contribution in [3.63, 3.8) is 0 Å². The second kappa shape index (κ2) is 11.2. The van der Waals surface area contributed by atoms with E-state index in [1.807, 2.05) is 18.7 Å². The predicted octanol–water partition coefficient (Wildman–Crippen LogP) is 2.69. The maximum Gasteiger partial charge on any atom is 0.191 e. The van der Waals surface area contributed by atoms with Gasteiger partial charge >= 0.3 is 0 Å². The summed E-state index contributed by atoms with van der Waals surface area (Å²) in [4.78, 5) is 4.74. The summed E-state index contributed by atoms with van der Waals surface area (Å²) in [5, 5.41) is 21.0. The van der Waals surface area contributed by atoms with Gasteiger partial charge in [-0.2, -0.15) is 5.10 Å². The molecule has 2 heterocycles. The van der Waals surface area contributed by atoms with Crippen LogP contribution in [0.4, 0.5) is 0 Å². The normalized spacial score (nSPS) is 12.1. The van der Waals surface area contributed by atoms with Gasteiger partial charge in [-0.3, -0.25) is 4.68 Å². The zero-order chi connectivity index (χ0) is 21.4. The molecule has 29 heavy (non-hydrogen) atoms. The van der Waals surface area contributed by atoms with Gasteiger partial charge in [0.05, 0.1) is 12.2 Å². The molecule has 0 aromatic carbocycles. The molecule has 0 fully saturated rings. The third kappa shape index (κ3) is 6.48. The van der Waals surface area contributed by atoms with Crippen LogP contribution in [0.2, 0.25) is 0 Å². The molecule has 0 radical (unpaired) electrons. The van der Waals surface area contributed by atoms with Crippen LogP contribution >= 0.6 is 11.8 Å². The smallest absolute Gasteiger partial charge is 0.191 e. The van der Waals surface area contributed by atoms with Gasteiger partial charge in [-0.05, 0) is 39.4 Å². The van der Waals surface area contributed by atoms with E-state index in [0.29, 0.717) is 12.5 Å². The average Bonchev–Trinajstić information content (AvgIpc) is 3.16. The van der Waals surface area contributed by atoms with E-state index in [0.717, 1.165) is 60.8 Å². The number of aromatic nitrogens is 5. The summed E-state index contributed by atoms with van der Waals surface area (Å²) in [6, 6.07) is 0. The summed E-state index contributed by atoms with van der Waals surface area (Å²) in [5.74, 6) is 2.47. The van der Waals surface area contributed by atoms with E-state index in [2.05, 4.69) is 64.4 Å². The Morgan fingerprint density at radius 3 is 2.55 bits per heavy atom. The molecule has 8 nitrogen and oxygen atoms in total. The number of aryl methyl sites for hydroxylation is 3. The fourth-order valence-corrected chi connectivity index (χ4v) is 3.73. The Morgan fingerprint density at radius 1 is 1.21 bits per heavy atom. The van der Waals surface area contributed by atoms with Gasteiger partial charge in [0.1, 0.15) is 5.82 Å². The Morgan fingerprint density at radius 2 is 1.97 bits per heavy atom. The van der Waals surface area contributed by atoms with Crippen molar-refractivity contribution in [3.8, 4) is 0 Å². The highest BCUT2D eigenvalue weighted by Gasteiger charge is 2.12. The number of nitrogens with zero attached hydrogens (tertiary/aromatic N) is 6. The van der Waals surface area contributed by atoms with Gasteiger partial charge in [-0.15, -0.1) is 10.2 Å². The molecule has 0 saturated carbocycles. The minimum atomic E-state index is 0.570. The van der Waals surface area contributed by atoms with Crippen LogP contribution in [-0.4, -0.2) is 49.8 Å². The topological polar surface area (TPSA) is 84.9 Å². The van der Waals surface area contributed by atoms with Gasteiger partial charge in [0.15, 0.2) is 11.1 Å². The van der Waals surface area contributed by atoms with Crippen molar-refractivity contribution in [3.05, 3.63) is 22.8 Å². The molecule has 9 heteroatoms. The summed E-state index contributed by atoms with van der Waals surface area (Å²) < 4.78 is 4.17. The van der Waals surface area contributed by atoms with E-state index in [1.54, 1.807) is 11.8 Å². The Labute approximate surface area is 179 Å². The molecular formula is C20H36N8S. The van der Waals surface area contributed by atoms with Crippen LogP contribution in [0.25, 0.3) is 0 Å². The van der Waals surface area contributed by atoms with Crippen LogP contribution < -0.4 is 10.6 Å². The van der Waals surface area contributed by atoms with Crippen molar-refractivity contribution in [2.24, 2.45) is 18.0 Å². The maximum atomic E-state index is 4.74. The largest absolute Gasteiger partial charge is 0.357 e. The highest BCUT2D eigenvalue weighted by Crippen LogP contribution is 2.16. The first-order valence-corrected chi connectivity index (χ1v) is 11.6. The van der Waals surface area contributed by atoms with Crippen molar-refractivity contribution in [1.82, 2.24) is 35.2 Å². The zero-order valence-electron chi connectivity index (χ0n) is 18.9. The highest BCUT2D eigenvalue weighted by molar-refractivity contribution is 7.98. The molecule has 0 saturated heterocycles. The van der Waals surface area contributed by atoms with Crippen LogP contribution in [0, 0.1) is 19.8 Å². The lowest BCUT2D eigenvalue weighted by Crippen LogP contribution is -2.38. The number of guanidine groups is 1. The van der Waals surface area contributed by atoms with E-state index in [-0.39, 0.29) is 0 Å². The van der Waals surface area contributed by atoms with E-state index in [9.17, 15) is 0 Å². The number of hydrogen-bond acceptors (Lipinski definition) is 5. The van der Waals surface area contributed by atoms with Gasteiger partial charge in [0.25, 0.3) is 0 Å². The summed E-state index contributed by atoms with van der Waals surface area (Å²) in [6.45, 7) is 13.9. The monoisotopic (exact) mass is 420 g/mol. The maximum absolute atomic E-state index is 4.74. The van der Waals surface area contributed by atoms with Crippen LogP contribution in [-0.2, 0) is 26.6 Å². The number of rotatable bonds is 10. The standard InChI is InChI=1S/C20H36N8S/c1-8-21-19(23-12-17-15(4)26-27(6)16(17)5)22-11-9-10-18-24-25-20(29-7)28(18)13-14(2)3/h14H,8-13H2,1-7H3,(H2,21,22,23). The van der Waals surface area contributed by atoms with Gasteiger partial charge in [0.2, 0.25) is 0 Å². The van der Waals surface area contributed by atoms with Crippen molar-refractivity contribution in [1.29, 1.82) is 0 Å². The van der Waals surface area contributed by atoms with E-state index in [4.69, 9.17) is 4.99 Å². The third-order valence-corrected chi connectivity index (χ3v) is 5.46. The highest BCUT2D eigenvalue weighted by atomic mass is 32.2. The fraction of sp³-hybridized carbons (Fsp3) is 0.700. The molecule has 0 unspecified atom stereocenters. The molecular weight excluding hydrogens is 384 g/mol. The molecule has 2 rings (SSSR count). The quantitative estimate of drug-likeness (QED) is 0.266. The third-order valence-electron chi connectivity index (χ3n) is 4.79. The minimum Gasteiger partial charge on any atom is -0.357 e. The van der Waals surface area contributed by atoms with Crippen LogP contribution in [0.15, 0.2) is 10.1 Å². The van der Waals surface area contributed by atoms with Crippen molar-refractivity contribution in [2.45, 2.75) is 65.7 Å². The Bertz CT molecular complexity index is 806. The van der Waals surface area contributed by atoms with Crippen molar-refractivity contribution >= 4 is 17.7 Å². The lowest BCUT2D eigenvalue weighted by Gasteiger charge is -2.13. The predicted molar refractivity (Wildman–Crippen MR) is 120 cm³/mol. The summed E-state index contributed by atoms with van der Waals surface area (Å²) in [7, 11) is 1.97. The van der Waals surface area contributed by atoms with Crippen molar-refractivity contribution in [2.75, 3.05) is 19.3 Å². The van der Waals surface area contributed by atoms with Crippen molar-refractivity contribution < 1.29 is 0 Å². The van der Waals surface area contributed by atoms with E-state index in [1.165, 1.54) is 5.56 Å². The lowest BCUT2D eigenvalue weighted by atomic mass is 10.2. The number of nitrogens with one attached hydrogen (secondary N) is 2. The number of thioether (sulfide) groups is 1. The summed E-state index contributed by atoms with van der Waals surface area (Å²) >= 11 is 1.66. The molecule has 0 aliphatic rings. The lowest BCUT2D eigenvalue weighted by molar-refractivity contribution is 0.477. The first kappa shape index (κ1) is 23.3. The molecule has 0 spiro atoms. The molecule has 162 valence electrons. The first-order valence-electron chi connectivity index (χ1n) is 10.3. The Hall–Kier alpha value is -2.03. The zero-order valence-corrected chi connectivity index (χ0v) is 19.7. The van der Waals surface area contributed by atoms with Gasteiger partial charge in [0, 0.05) is 44.4 Å². The number of aliphatic imine (C=N–C) groups is 1. The van der Waals surface area contributed by atoms with Crippen LogP contribution in [0.5, 0.6) is 0 Å². The molecule has 0 aliphatic carbocycles. The van der Waals surface area contributed by atoms with Gasteiger partial charge in [-0.1, -0.05) is 25.6 Å². The fourth-order valence-electron chi connectivity index (χ4n) is 3.20. The molecule has 0 atom stereocenters. The molecule has 2 N–H and O–H groups in total. The Kier molecular flexibility index (Phi) is 9.00. The van der Waals surface area contributed by atoms with E-state index >= 15 is 0 Å². The number of hydrogen-bond donors (Lipinski definition) is 2. The molecule has 2 aromatic heterocycles. The average molecular weight is 421 g/mol. The van der Waals surface area contributed by atoms with Gasteiger partial charge < -0.3 is 15.2 Å². The second-order valence-electron chi connectivity index (χ2n) is 7.61. The SMILES string of the molecule is CCNC(=NCc1c(C)nn(C)c1C)NCCCc1nnc(SC)n1CC(C)C. The Balaban J connectivity index is 1.92.